The minimum atomic E-state index is -0.410. The fourth-order valence-corrected chi connectivity index (χ4v) is 4.10. The molecule has 6 nitrogen and oxygen atoms in total. The van der Waals surface area contributed by atoms with Crippen LogP contribution in [0, 0.1) is 34.6 Å². The van der Waals surface area contributed by atoms with Crippen LogP contribution in [0.1, 0.15) is 50.0 Å². The highest BCUT2D eigenvalue weighted by molar-refractivity contribution is 5.92. The minimum Gasteiger partial charge on any atom is -0.486 e. The second-order valence-electron chi connectivity index (χ2n) is 8.51. The summed E-state index contributed by atoms with van der Waals surface area (Å²) in [7, 11) is 0. The molecule has 2 aromatic carbocycles. The van der Waals surface area contributed by atoms with Gasteiger partial charge in [0.15, 0.2) is 5.76 Å². The van der Waals surface area contributed by atoms with Crippen LogP contribution in [0.15, 0.2) is 70.2 Å². The molecule has 0 bridgehead atoms. The molecule has 1 N–H and O–H groups in total. The molecular weight excluding hydrogens is 426 g/mol. The van der Waals surface area contributed by atoms with Gasteiger partial charge in [0.25, 0.3) is 0 Å². The van der Waals surface area contributed by atoms with E-state index in [1.807, 2.05) is 38.1 Å². The van der Waals surface area contributed by atoms with Crippen LogP contribution >= 0.6 is 0 Å². The third kappa shape index (κ3) is 5.12. The van der Waals surface area contributed by atoms with Gasteiger partial charge in [-0.05, 0) is 94.3 Å². The second kappa shape index (κ2) is 9.83. The topological polar surface area (TPSA) is 68.8 Å². The van der Waals surface area contributed by atoms with Crippen LogP contribution in [0.3, 0.4) is 0 Å². The molecule has 0 saturated heterocycles. The fraction of sp³-hybridized carbons (Fsp3) is 0.214. The number of rotatable bonds is 7. The van der Waals surface area contributed by atoms with E-state index in [9.17, 15) is 4.79 Å². The minimum absolute atomic E-state index is 0.182. The number of carbonyl (C=O) groups excluding carboxylic acids is 1. The van der Waals surface area contributed by atoms with E-state index in [2.05, 4.69) is 60.1 Å². The van der Waals surface area contributed by atoms with Gasteiger partial charge in [-0.1, -0.05) is 17.7 Å². The van der Waals surface area contributed by atoms with Gasteiger partial charge < -0.3 is 13.7 Å². The molecule has 174 valence electrons. The van der Waals surface area contributed by atoms with Crippen molar-refractivity contribution in [2.75, 3.05) is 0 Å². The van der Waals surface area contributed by atoms with Crippen LogP contribution in [0.2, 0.25) is 0 Å². The lowest BCUT2D eigenvalue weighted by Gasteiger charge is -2.10. The van der Waals surface area contributed by atoms with Crippen LogP contribution in [0.5, 0.6) is 5.75 Å². The van der Waals surface area contributed by atoms with Gasteiger partial charge in [0.05, 0.1) is 6.21 Å². The van der Waals surface area contributed by atoms with Gasteiger partial charge in [-0.3, -0.25) is 4.79 Å². The molecule has 4 aromatic rings. The maximum absolute atomic E-state index is 12.4. The molecule has 0 spiro atoms. The lowest BCUT2D eigenvalue weighted by atomic mass is 10.0. The first-order valence-electron chi connectivity index (χ1n) is 11.2. The van der Waals surface area contributed by atoms with Crippen molar-refractivity contribution in [2.45, 2.75) is 41.2 Å². The number of amides is 1. The number of furan rings is 1. The Balaban J connectivity index is 1.33. The van der Waals surface area contributed by atoms with Crippen molar-refractivity contribution >= 4 is 12.1 Å². The summed E-state index contributed by atoms with van der Waals surface area (Å²) in [6.07, 6.45) is 1.66. The first-order chi connectivity index (χ1) is 16.3. The lowest BCUT2D eigenvalue weighted by molar-refractivity contribution is 0.0923. The zero-order chi connectivity index (χ0) is 24.2. The van der Waals surface area contributed by atoms with Gasteiger partial charge in [-0.25, -0.2) is 5.43 Å². The van der Waals surface area contributed by atoms with Crippen molar-refractivity contribution in [3.8, 4) is 11.4 Å². The average Bonchev–Trinajstić information content (AvgIpc) is 3.41. The number of carbonyl (C=O) groups is 1. The van der Waals surface area contributed by atoms with Crippen molar-refractivity contribution in [3.05, 3.63) is 106 Å². The molecule has 2 aromatic heterocycles. The Kier molecular flexibility index (Phi) is 6.68. The fourth-order valence-electron chi connectivity index (χ4n) is 4.10. The Bertz CT molecular complexity index is 1300. The Morgan fingerprint density at radius 2 is 1.59 bits per heavy atom. The standard InChI is InChI=1S/C28H29N3O3/c1-18-14-19(2)26(20(3)15-18)16-29-30-28(32)27-13-12-25(34-27)17-33-24-10-8-23(9-11-24)31-21(4)6-7-22(31)5/h6-16H,17H2,1-5H3,(H,30,32)/b29-16+. The average molecular weight is 456 g/mol. The highest BCUT2D eigenvalue weighted by atomic mass is 16.5. The molecule has 0 atom stereocenters. The maximum Gasteiger partial charge on any atom is 0.307 e. The molecule has 0 saturated carbocycles. The van der Waals surface area contributed by atoms with Crippen molar-refractivity contribution < 1.29 is 13.9 Å². The van der Waals surface area contributed by atoms with E-state index in [0.29, 0.717) is 5.76 Å². The van der Waals surface area contributed by atoms with E-state index in [1.165, 1.54) is 17.0 Å². The molecule has 0 aliphatic rings. The summed E-state index contributed by atoms with van der Waals surface area (Å²) in [6, 6.07) is 19.6. The van der Waals surface area contributed by atoms with Crippen LogP contribution in [0.25, 0.3) is 5.69 Å². The van der Waals surface area contributed by atoms with E-state index < -0.39 is 5.91 Å². The normalized spacial score (nSPS) is 11.2. The SMILES string of the molecule is Cc1cc(C)c(/C=N/NC(=O)c2ccc(COc3ccc(-n4c(C)ccc4C)cc3)o2)c(C)c1. The van der Waals surface area contributed by atoms with E-state index in [1.54, 1.807) is 18.3 Å². The molecule has 1 amide bonds. The Hall–Kier alpha value is -4.06. The monoisotopic (exact) mass is 455 g/mol. The summed E-state index contributed by atoms with van der Waals surface area (Å²) in [4.78, 5) is 12.4. The van der Waals surface area contributed by atoms with Crippen LogP contribution in [-0.2, 0) is 6.61 Å². The maximum atomic E-state index is 12.4. The highest BCUT2D eigenvalue weighted by Gasteiger charge is 2.11. The van der Waals surface area contributed by atoms with Gasteiger partial charge in [0, 0.05) is 22.6 Å². The van der Waals surface area contributed by atoms with Gasteiger partial charge in [-0.15, -0.1) is 0 Å². The summed E-state index contributed by atoms with van der Waals surface area (Å²) in [5, 5.41) is 4.10. The first kappa shape index (κ1) is 23.1. The van der Waals surface area contributed by atoms with E-state index in [4.69, 9.17) is 9.15 Å². The number of nitrogens with one attached hydrogen (secondary N) is 1. The smallest absolute Gasteiger partial charge is 0.307 e. The first-order valence-corrected chi connectivity index (χ1v) is 11.2. The largest absolute Gasteiger partial charge is 0.486 e. The van der Waals surface area contributed by atoms with Crippen LogP contribution < -0.4 is 10.2 Å². The zero-order valence-electron chi connectivity index (χ0n) is 20.2. The molecule has 4 rings (SSSR count). The van der Waals surface area contributed by atoms with E-state index in [0.717, 1.165) is 28.1 Å². The van der Waals surface area contributed by atoms with E-state index >= 15 is 0 Å². The summed E-state index contributed by atoms with van der Waals surface area (Å²) in [5.74, 6) is 1.05. The summed E-state index contributed by atoms with van der Waals surface area (Å²) in [5.41, 5.74) is 10.4. The van der Waals surface area contributed by atoms with Crippen LogP contribution in [-0.4, -0.2) is 16.7 Å². The molecular formula is C28H29N3O3. The molecule has 0 aliphatic carbocycles. The number of benzene rings is 2. The molecule has 0 fully saturated rings. The lowest BCUT2D eigenvalue weighted by Crippen LogP contribution is -2.17. The number of hydrazone groups is 1. The summed E-state index contributed by atoms with van der Waals surface area (Å²) in [6.45, 7) is 10.5. The van der Waals surface area contributed by atoms with Gasteiger partial charge >= 0.3 is 5.91 Å². The zero-order valence-corrected chi connectivity index (χ0v) is 20.2. The molecule has 2 heterocycles. The number of aromatic nitrogens is 1. The summed E-state index contributed by atoms with van der Waals surface area (Å²) < 4.78 is 13.6. The molecule has 34 heavy (non-hydrogen) atoms. The Morgan fingerprint density at radius 3 is 2.24 bits per heavy atom. The van der Waals surface area contributed by atoms with Gasteiger partial charge in [0.1, 0.15) is 18.1 Å². The number of hydrogen-bond acceptors (Lipinski definition) is 4. The van der Waals surface area contributed by atoms with Gasteiger partial charge in [0.2, 0.25) is 0 Å². The highest BCUT2D eigenvalue weighted by Crippen LogP contribution is 2.21. The third-order valence-corrected chi connectivity index (χ3v) is 5.73. The number of ether oxygens (including phenoxy) is 1. The number of hydrogen-bond donors (Lipinski definition) is 1. The van der Waals surface area contributed by atoms with Crippen molar-refractivity contribution in [1.29, 1.82) is 0 Å². The molecule has 6 heteroatoms. The summed E-state index contributed by atoms with van der Waals surface area (Å²) >= 11 is 0. The van der Waals surface area contributed by atoms with Crippen molar-refractivity contribution in [2.24, 2.45) is 5.10 Å². The Morgan fingerprint density at radius 1 is 0.941 bits per heavy atom. The molecule has 0 unspecified atom stereocenters. The number of aryl methyl sites for hydroxylation is 5. The predicted molar refractivity (Wildman–Crippen MR) is 134 cm³/mol. The van der Waals surface area contributed by atoms with E-state index in [-0.39, 0.29) is 12.4 Å². The third-order valence-electron chi connectivity index (χ3n) is 5.73. The van der Waals surface area contributed by atoms with Crippen molar-refractivity contribution in [3.63, 3.8) is 0 Å². The quantitative estimate of drug-likeness (QED) is 0.276. The second-order valence-corrected chi connectivity index (χ2v) is 8.51. The number of nitrogens with zero attached hydrogens (tertiary/aromatic N) is 2. The van der Waals surface area contributed by atoms with Gasteiger partial charge in [-0.2, -0.15) is 5.10 Å². The van der Waals surface area contributed by atoms with Crippen LogP contribution in [0.4, 0.5) is 0 Å². The molecule has 0 aliphatic heterocycles. The Labute approximate surface area is 199 Å². The molecule has 0 radical (unpaired) electrons. The predicted octanol–water partition coefficient (Wildman–Crippen LogP) is 5.96. The van der Waals surface area contributed by atoms with Crippen molar-refractivity contribution in [1.82, 2.24) is 9.99 Å².